The number of fused-ring (bicyclic) bond motifs is 1. The van der Waals surface area contributed by atoms with Crippen molar-refractivity contribution in [2.24, 2.45) is 0 Å². The van der Waals surface area contributed by atoms with E-state index in [0.29, 0.717) is 32.7 Å². The zero-order valence-corrected chi connectivity index (χ0v) is 20.3. The highest BCUT2D eigenvalue weighted by Gasteiger charge is 2.36. The summed E-state index contributed by atoms with van der Waals surface area (Å²) in [4.78, 5) is 20.0. The first-order valence-electron chi connectivity index (χ1n) is 12.3. The monoisotopic (exact) mass is 469 g/mol. The Kier molecular flexibility index (Phi) is 6.70. The molecule has 6 heteroatoms. The Labute approximate surface area is 206 Å². The Hall–Kier alpha value is -3.80. The molecule has 2 atom stereocenters. The summed E-state index contributed by atoms with van der Waals surface area (Å²) in [5.41, 5.74) is 3.15. The smallest absolute Gasteiger partial charge is 0.223 e. The van der Waals surface area contributed by atoms with E-state index < -0.39 is 0 Å². The maximum absolute atomic E-state index is 13.0. The summed E-state index contributed by atoms with van der Waals surface area (Å²) in [5.74, 6) is 2.64. The molecule has 4 aromatic rings. The summed E-state index contributed by atoms with van der Waals surface area (Å²) >= 11 is 0. The van der Waals surface area contributed by atoms with Crippen molar-refractivity contribution in [3.63, 3.8) is 0 Å². The van der Waals surface area contributed by atoms with Crippen LogP contribution >= 0.6 is 0 Å². The van der Waals surface area contributed by atoms with E-state index in [1.807, 2.05) is 72.5 Å². The molecule has 1 amide bonds. The van der Waals surface area contributed by atoms with Crippen LogP contribution in [0.3, 0.4) is 0 Å². The van der Waals surface area contributed by atoms with Gasteiger partial charge in [0.05, 0.1) is 30.2 Å². The minimum absolute atomic E-state index is 0.0323. The zero-order valence-electron chi connectivity index (χ0n) is 20.3. The minimum atomic E-state index is 0.0323. The average Bonchev–Trinajstić information content (AvgIpc) is 3.46. The van der Waals surface area contributed by atoms with E-state index in [0.717, 1.165) is 33.9 Å². The normalized spacial score (nSPS) is 16.6. The Morgan fingerprint density at radius 3 is 2.40 bits per heavy atom. The number of hydrogen-bond donors (Lipinski definition) is 0. The van der Waals surface area contributed by atoms with Crippen molar-refractivity contribution in [2.75, 3.05) is 19.8 Å². The van der Waals surface area contributed by atoms with Crippen LogP contribution < -0.4 is 9.47 Å². The largest absolute Gasteiger partial charge is 0.490 e. The molecule has 0 radical (unpaired) electrons. The lowest BCUT2D eigenvalue weighted by molar-refractivity contribution is -0.129. The van der Waals surface area contributed by atoms with Gasteiger partial charge in [0.25, 0.3) is 0 Å². The predicted octanol–water partition coefficient (Wildman–Crippen LogP) is 5.59. The van der Waals surface area contributed by atoms with Crippen molar-refractivity contribution in [1.29, 1.82) is 0 Å². The molecule has 35 heavy (non-hydrogen) atoms. The van der Waals surface area contributed by atoms with Gasteiger partial charge in [0, 0.05) is 18.9 Å². The summed E-state index contributed by atoms with van der Waals surface area (Å²) in [6.45, 7) is 6.42. The van der Waals surface area contributed by atoms with E-state index in [4.69, 9.17) is 14.5 Å². The van der Waals surface area contributed by atoms with Gasteiger partial charge < -0.3 is 18.9 Å². The number of aromatic nitrogens is 2. The van der Waals surface area contributed by atoms with Gasteiger partial charge in [-0.3, -0.25) is 4.79 Å². The molecule has 0 aliphatic carbocycles. The maximum atomic E-state index is 13.0. The van der Waals surface area contributed by atoms with Crippen molar-refractivity contribution < 1.29 is 14.3 Å². The van der Waals surface area contributed by atoms with Crippen LogP contribution in [0.1, 0.15) is 43.6 Å². The van der Waals surface area contributed by atoms with Gasteiger partial charge in [-0.15, -0.1) is 0 Å². The van der Waals surface area contributed by atoms with Crippen molar-refractivity contribution in [1.82, 2.24) is 14.5 Å². The van der Waals surface area contributed by atoms with Gasteiger partial charge in [-0.05, 0) is 43.7 Å². The molecule has 1 fully saturated rings. The van der Waals surface area contributed by atoms with Gasteiger partial charge in [0.1, 0.15) is 12.4 Å². The van der Waals surface area contributed by atoms with Crippen LogP contribution in [0.15, 0.2) is 78.9 Å². The Morgan fingerprint density at radius 2 is 1.63 bits per heavy atom. The number of rotatable bonds is 9. The van der Waals surface area contributed by atoms with Crippen LogP contribution in [0, 0.1) is 0 Å². The summed E-state index contributed by atoms with van der Waals surface area (Å²) in [6, 6.07) is 26.1. The lowest BCUT2D eigenvalue weighted by Crippen LogP contribution is -2.28. The zero-order chi connectivity index (χ0) is 24.2. The fourth-order valence-corrected chi connectivity index (χ4v) is 4.92. The van der Waals surface area contributed by atoms with Crippen LogP contribution in [-0.4, -0.2) is 40.1 Å². The molecule has 5 rings (SSSR count). The average molecular weight is 470 g/mol. The SMILES string of the molecule is CCOc1ccccc1OCCn1c(C2CC(=O)N(C(C)c3ccccc3)C2)nc2ccccc21. The van der Waals surface area contributed by atoms with Crippen molar-refractivity contribution in [3.8, 4) is 11.5 Å². The summed E-state index contributed by atoms with van der Waals surface area (Å²) in [7, 11) is 0. The molecule has 3 aromatic carbocycles. The van der Waals surface area contributed by atoms with Crippen molar-refractivity contribution >= 4 is 16.9 Å². The molecular weight excluding hydrogens is 438 g/mol. The lowest BCUT2D eigenvalue weighted by atomic mass is 10.1. The molecule has 1 saturated heterocycles. The quantitative estimate of drug-likeness (QED) is 0.321. The van der Waals surface area contributed by atoms with E-state index in [1.165, 1.54) is 0 Å². The number of ether oxygens (including phenoxy) is 2. The first-order chi connectivity index (χ1) is 17.2. The molecule has 2 unspecified atom stereocenters. The number of carbonyl (C=O) groups excluding carboxylic acids is 1. The molecule has 2 heterocycles. The second-order valence-corrected chi connectivity index (χ2v) is 8.87. The number of para-hydroxylation sites is 4. The number of hydrogen-bond acceptors (Lipinski definition) is 4. The van der Waals surface area contributed by atoms with Crippen LogP contribution in [0.5, 0.6) is 11.5 Å². The molecular formula is C29H31N3O3. The van der Waals surface area contributed by atoms with Crippen LogP contribution in [0.25, 0.3) is 11.0 Å². The minimum Gasteiger partial charge on any atom is -0.490 e. The number of benzene rings is 3. The highest BCUT2D eigenvalue weighted by atomic mass is 16.5. The molecule has 0 saturated carbocycles. The Bertz CT molecular complexity index is 1300. The first kappa shape index (κ1) is 23.0. The Balaban J connectivity index is 1.37. The molecule has 0 bridgehead atoms. The third kappa shape index (κ3) is 4.74. The number of carbonyl (C=O) groups is 1. The van der Waals surface area contributed by atoms with Gasteiger partial charge in [0.2, 0.25) is 5.91 Å². The van der Waals surface area contributed by atoms with E-state index in [2.05, 4.69) is 29.7 Å². The molecule has 1 aliphatic heterocycles. The number of imidazole rings is 1. The van der Waals surface area contributed by atoms with Gasteiger partial charge in [-0.2, -0.15) is 0 Å². The number of likely N-dealkylation sites (tertiary alicyclic amines) is 1. The predicted molar refractivity (Wildman–Crippen MR) is 137 cm³/mol. The number of amides is 1. The topological polar surface area (TPSA) is 56.6 Å². The summed E-state index contributed by atoms with van der Waals surface area (Å²) in [6.07, 6.45) is 0.467. The standard InChI is InChI=1S/C29H31N3O3/c1-3-34-26-15-9-10-16-27(26)35-18-17-31-25-14-8-7-13-24(25)30-29(31)23-19-28(33)32(20-23)21(2)22-11-5-4-6-12-22/h4-16,21,23H,3,17-20H2,1-2H3. The molecule has 0 spiro atoms. The highest BCUT2D eigenvalue weighted by Crippen LogP contribution is 2.35. The first-order valence-corrected chi connectivity index (χ1v) is 12.3. The highest BCUT2D eigenvalue weighted by molar-refractivity contribution is 5.81. The van der Waals surface area contributed by atoms with E-state index in [-0.39, 0.29) is 17.9 Å². The van der Waals surface area contributed by atoms with Crippen LogP contribution in [0.4, 0.5) is 0 Å². The third-order valence-electron chi connectivity index (χ3n) is 6.68. The fourth-order valence-electron chi connectivity index (χ4n) is 4.92. The summed E-state index contributed by atoms with van der Waals surface area (Å²) in [5, 5.41) is 0. The van der Waals surface area contributed by atoms with Gasteiger partial charge >= 0.3 is 0 Å². The van der Waals surface area contributed by atoms with Crippen molar-refractivity contribution in [2.45, 2.75) is 38.8 Å². The van der Waals surface area contributed by atoms with Crippen LogP contribution in [-0.2, 0) is 11.3 Å². The second-order valence-electron chi connectivity index (χ2n) is 8.87. The lowest BCUT2D eigenvalue weighted by Gasteiger charge is -2.25. The van der Waals surface area contributed by atoms with Crippen molar-refractivity contribution in [3.05, 3.63) is 90.3 Å². The third-order valence-corrected chi connectivity index (χ3v) is 6.68. The number of nitrogens with zero attached hydrogens (tertiary/aromatic N) is 3. The van der Waals surface area contributed by atoms with E-state index >= 15 is 0 Å². The molecule has 1 aliphatic rings. The maximum Gasteiger partial charge on any atom is 0.223 e. The van der Waals surface area contributed by atoms with Gasteiger partial charge in [-0.1, -0.05) is 54.6 Å². The molecule has 180 valence electrons. The molecule has 6 nitrogen and oxygen atoms in total. The summed E-state index contributed by atoms with van der Waals surface area (Å²) < 4.78 is 14.0. The van der Waals surface area contributed by atoms with E-state index in [9.17, 15) is 4.79 Å². The van der Waals surface area contributed by atoms with Gasteiger partial charge in [0.15, 0.2) is 11.5 Å². The Morgan fingerprint density at radius 1 is 0.943 bits per heavy atom. The van der Waals surface area contributed by atoms with E-state index in [1.54, 1.807) is 0 Å². The van der Waals surface area contributed by atoms with Crippen LogP contribution in [0.2, 0.25) is 0 Å². The van der Waals surface area contributed by atoms with Gasteiger partial charge in [-0.25, -0.2) is 4.98 Å². The second kappa shape index (κ2) is 10.2. The fraction of sp³-hybridized carbons (Fsp3) is 0.310. The molecule has 0 N–H and O–H groups in total. The molecule has 1 aromatic heterocycles.